The van der Waals surface area contributed by atoms with Crippen molar-refractivity contribution in [2.45, 2.75) is 18.7 Å². The van der Waals surface area contributed by atoms with Gasteiger partial charge in [0, 0.05) is 32.7 Å². The quantitative estimate of drug-likeness (QED) is 0.850. The van der Waals surface area contributed by atoms with Gasteiger partial charge >= 0.3 is 0 Å². The van der Waals surface area contributed by atoms with Crippen molar-refractivity contribution >= 4 is 5.91 Å². The van der Waals surface area contributed by atoms with Crippen LogP contribution in [0.1, 0.15) is 15.9 Å². The van der Waals surface area contributed by atoms with Gasteiger partial charge in [-0.15, -0.1) is 0 Å². The number of benzene rings is 2. The second-order valence-corrected chi connectivity index (χ2v) is 6.46. The number of ether oxygens (including phenoxy) is 1. The van der Waals surface area contributed by atoms with E-state index in [-0.39, 0.29) is 23.9 Å². The summed E-state index contributed by atoms with van der Waals surface area (Å²) in [6.45, 7) is 2.28. The summed E-state index contributed by atoms with van der Waals surface area (Å²) in [5.74, 6) is -0.151. The molecule has 1 fully saturated rings. The summed E-state index contributed by atoms with van der Waals surface area (Å²) in [6.07, 6.45) is -0.147. The fourth-order valence-electron chi connectivity index (χ4n) is 3.57. The molecule has 2 aliphatic rings. The maximum atomic E-state index is 13.5. The van der Waals surface area contributed by atoms with E-state index in [4.69, 9.17) is 4.74 Å². The molecule has 0 radical (unpaired) electrons. The number of fused-ring (bicyclic) bond motifs is 2. The second kappa shape index (κ2) is 5.91. The van der Waals surface area contributed by atoms with Crippen molar-refractivity contribution in [3.8, 4) is 5.75 Å². The van der Waals surface area contributed by atoms with Gasteiger partial charge in [-0.05, 0) is 17.7 Å². The number of carbonyl (C=O) groups excluding carboxylic acids is 1. The van der Waals surface area contributed by atoms with Gasteiger partial charge in [-0.3, -0.25) is 9.69 Å². The van der Waals surface area contributed by atoms with E-state index < -0.39 is 0 Å². The van der Waals surface area contributed by atoms with Crippen molar-refractivity contribution < 1.29 is 13.9 Å². The van der Waals surface area contributed by atoms with Crippen LogP contribution in [0.2, 0.25) is 0 Å². The molecule has 4 nitrogen and oxygen atoms in total. The normalized spacial score (nSPS) is 23.4. The highest BCUT2D eigenvalue weighted by Gasteiger charge is 2.42. The van der Waals surface area contributed by atoms with Crippen LogP contribution in [0.3, 0.4) is 0 Å². The molecule has 24 heavy (non-hydrogen) atoms. The van der Waals surface area contributed by atoms with E-state index in [1.807, 2.05) is 18.2 Å². The number of hydrogen-bond acceptors (Lipinski definition) is 3. The molecule has 0 aromatic heterocycles. The fourth-order valence-corrected chi connectivity index (χ4v) is 3.57. The first-order chi connectivity index (χ1) is 11.6. The number of rotatable bonds is 2. The smallest absolute Gasteiger partial charge is 0.257 e. The van der Waals surface area contributed by atoms with Crippen LogP contribution in [-0.4, -0.2) is 48.0 Å². The van der Waals surface area contributed by atoms with Gasteiger partial charge in [0.15, 0.2) is 0 Å². The lowest BCUT2D eigenvalue weighted by Gasteiger charge is -2.25. The first-order valence-corrected chi connectivity index (χ1v) is 8.11. The van der Waals surface area contributed by atoms with Gasteiger partial charge in [-0.2, -0.15) is 0 Å². The van der Waals surface area contributed by atoms with Gasteiger partial charge in [0.1, 0.15) is 17.7 Å². The molecule has 2 unspecified atom stereocenters. The summed E-state index contributed by atoms with van der Waals surface area (Å²) in [4.78, 5) is 16.7. The number of carbonyl (C=O) groups is 1. The topological polar surface area (TPSA) is 32.8 Å². The van der Waals surface area contributed by atoms with Crippen LogP contribution in [0, 0.1) is 5.82 Å². The van der Waals surface area contributed by atoms with Gasteiger partial charge in [0.05, 0.1) is 11.6 Å². The lowest BCUT2D eigenvalue weighted by molar-refractivity contribution is 0.0682. The molecule has 2 aromatic carbocycles. The Morgan fingerprint density at radius 3 is 2.75 bits per heavy atom. The van der Waals surface area contributed by atoms with Gasteiger partial charge in [0.25, 0.3) is 5.91 Å². The minimum absolute atomic E-state index is 0.0309. The second-order valence-electron chi connectivity index (χ2n) is 6.46. The van der Waals surface area contributed by atoms with Crippen LogP contribution in [0.5, 0.6) is 5.75 Å². The van der Waals surface area contributed by atoms with E-state index in [2.05, 4.69) is 17.0 Å². The van der Waals surface area contributed by atoms with Gasteiger partial charge in [-0.25, -0.2) is 4.39 Å². The minimum atomic E-state index is -0.387. The predicted molar refractivity (Wildman–Crippen MR) is 88.4 cm³/mol. The van der Waals surface area contributed by atoms with Gasteiger partial charge in [-0.1, -0.05) is 30.3 Å². The van der Waals surface area contributed by atoms with E-state index in [1.165, 1.54) is 23.8 Å². The van der Waals surface area contributed by atoms with Crippen LogP contribution in [0.4, 0.5) is 4.39 Å². The number of likely N-dealkylation sites (N-methyl/N-ethyl adjacent to an activating group) is 1. The van der Waals surface area contributed by atoms with Crippen LogP contribution in [0.25, 0.3) is 0 Å². The van der Waals surface area contributed by atoms with E-state index in [0.717, 1.165) is 13.1 Å². The van der Waals surface area contributed by atoms with Crippen molar-refractivity contribution in [2.75, 3.05) is 20.1 Å². The lowest BCUT2D eigenvalue weighted by Crippen LogP contribution is -2.44. The lowest BCUT2D eigenvalue weighted by atomic mass is 10.1. The number of halogens is 1. The highest BCUT2D eigenvalue weighted by Crippen LogP contribution is 2.31. The third kappa shape index (κ3) is 2.65. The molecule has 2 atom stereocenters. The van der Waals surface area contributed by atoms with Crippen LogP contribution in [-0.2, 0) is 6.54 Å². The first-order valence-electron chi connectivity index (χ1n) is 8.11. The number of likely N-dealkylation sites (tertiary alicyclic amines) is 1. The van der Waals surface area contributed by atoms with Gasteiger partial charge < -0.3 is 9.64 Å². The Labute approximate surface area is 140 Å². The Morgan fingerprint density at radius 2 is 1.96 bits per heavy atom. The molecule has 2 heterocycles. The van der Waals surface area contributed by atoms with E-state index in [9.17, 15) is 9.18 Å². The fraction of sp³-hybridized carbons (Fsp3) is 0.316. The minimum Gasteiger partial charge on any atom is -0.486 e. The molecule has 0 N–H and O–H groups in total. The van der Waals surface area contributed by atoms with Crippen molar-refractivity contribution in [2.24, 2.45) is 0 Å². The summed E-state index contributed by atoms with van der Waals surface area (Å²) < 4.78 is 19.6. The molecule has 0 bridgehead atoms. The highest BCUT2D eigenvalue weighted by atomic mass is 19.1. The molecular formula is C19H19FN2O2. The van der Waals surface area contributed by atoms with Gasteiger partial charge in [0.2, 0.25) is 0 Å². The SMILES string of the molecule is CN1C(=O)c2ccc(F)cc2OC2CN(Cc3ccccc3)CC21. The highest BCUT2D eigenvalue weighted by molar-refractivity contribution is 5.97. The molecular weight excluding hydrogens is 307 g/mol. The zero-order chi connectivity index (χ0) is 16.7. The van der Waals surface area contributed by atoms with Crippen LogP contribution in [0.15, 0.2) is 48.5 Å². The Balaban J connectivity index is 1.58. The maximum Gasteiger partial charge on any atom is 0.257 e. The standard InChI is InChI=1S/C19H19FN2O2/c1-21-16-11-22(10-13-5-3-2-4-6-13)12-18(16)24-17-9-14(20)7-8-15(17)19(21)23/h2-9,16,18H,10-12H2,1H3. The number of hydrogen-bond donors (Lipinski definition) is 0. The molecule has 0 spiro atoms. The Hall–Kier alpha value is -2.40. The van der Waals surface area contributed by atoms with Crippen LogP contribution >= 0.6 is 0 Å². The molecule has 4 rings (SSSR count). The van der Waals surface area contributed by atoms with Crippen molar-refractivity contribution in [3.63, 3.8) is 0 Å². The summed E-state index contributed by atoms with van der Waals surface area (Å²) in [5, 5.41) is 0. The summed E-state index contributed by atoms with van der Waals surface area (Å²) in [5.41, 5.74) is 1.66. The third-order valence-electron chi connectivity index (χ3n) is 4.83. The van der Waals surface area contributed by atoms with E-state index in [0.29, 0.717) is 17.9 Å². The first kappa shape index (κ1) is 15.1. The Morgan fingerprint density at radius 1 is 1.17 bits per heavy atom. The average molecular weight is 326 g/mol. The molecule has 1 saturated heterocycles. The zero-order valence-corrected chi connectivity index (χ0v) is 13.5. The predicted octanol–water partition coefficient (Wildman–Crippen LogP) is 2.54. The third-order valence-corrected chi connectivity index (χ3v) is 4.83. The summed E-state index contributed by atoms with van der Waals surface area (Å²) >= 11 is 0. The maximum absolute atomic E-state index is 13.5. The molecule has 5 heteroatoms. The molecule has 0 saturated carbocycles. The van der Waals surface area contributed by atoms with E-state index >= 15 is 0 Å². The number of amides is 1. The van der Waals surface area contributed by atoms with E-state index in [1.54, 1.807) is 11.9 Å². The largest absolute Gasteiger partial charge is 0.486 e. The molecule has 2 aliphatic heterocycles. The number of nitrogens with zero attached hydrogens (tertiary/aromatic N) is 2. The molecule has 2 aromatic rings. The van der Waals surface area contributed by atoms with Crippen molar-refractivity contribution in [1.29, 1.82) is 0 Å². The Kier molecular flexibility index (Phi) is 3.73. The van der Waals surface area contributed by atoms with Crippen molar-refractivity contribution in [1.82, 2.24) is 9.80 Å². The van der Waals surface area contributed by atoms with Crippen molar-refractivity contribution in [3.05, 3.63) is 65.5 Å². The Bertz CT molecular complexity index is 765. The summed E-state index contributed by atoms with van der Waals surface area (Å²) in [7, 11) is 1.80. The average Bonchev–Trinajstić information content (AvgIpc) is 2.93. The molecule has 0 aliphatic carbocycles. The van der Waals surface area contributed by atoms with Crippen LogP contribution < -0.4 is 4.74 Å². The molecule has 124 valence electrons. The summed E-state index contributed by atoms with van der Waals surface area (Å²) in [6, 6.07) is 14.3. The monoisotopic (exact) mass is 326 g/mol. The zero-order valence-electron chi connectivity index (χ0n) is 13.5. The molecule has 1 amide bonds.